The normalized spacial score (nSPS) is 27.2. The third kappa shape index (κ3) is 6.87. The summed E-state index contributed by atoms with van der Waals surface area (Å²) in [4.78, 5) is 24.9. The third-order valence-corrected chi connectivity index (χ3v) is 6.66. The van der Waals surface area contributed by atoms with Crippen LogP contribution in [0.1, 0.15) is 83.1 Å². The Bertz CT molecular complexity index is 625. The molecule has 0 radical (unpaired) electrons. The van der Waals surface area contributed by atoms with Crippen molar-refractivity contribution in [3.05, 3.63) is 35.9 Å². The first-order chi connectivity index (χ1) is 14.2. The summed E-state index contributed by atoms with van der Waals surface area (Å²) in [6.07, 6.45) is 11.2. The molecule has 160 valence electrons. The van der Waals surface area contributed by atoms with E-state index in [0.29, 0.717) is 6.61 Å². The van der Waals surface area contributed by atoms with Crippen molar-refractivity contribution in [1.29, 1.82) is 0 Å². The van der Waals surface area contributed by atoms with Crippen LogP contribution in [-0.2, 0) is 25.7 Å². The maximum Gasteiger partial charge on any atom is 0.309 e. The lowest BCUT2D eigenvalue weighted by molar-refractivity contribution is -0.159. The van der Waals surface area contributed by atoms with Gasteiger partial charge in [0.2, 0.25) is 0 Å². The van der Waals surface area contributed by atoms with Crippen LogP contribution >= 0.6 is 0 Å². The molecule has 2 fully saturated rings. The van der Waals surface area contributed by atoms with E-state index in [4.69, 9.17) is 9.47 Å². The van der Waals surface area contributed by atoms with Crippen LogP contribution < -0.4 is 0 Å². The highest BCUT2D eigenvalue weighted by atomic mass is 16.5. The van der Waals surface area contributed by atoms with Crippen LogP contribution in [-0.4, -0.2) is 18.0 Å². The zero-order chi connectivity index (χ0) is 20.5. The number of benzene rings is 1. The highest BCUT2D eigenvalue weighted by Crippen LogP contribution is 2.34. The third-order valence-electron chi connectivity index (χ3n) is 6.66. The van der Waals surface area contributed by atoms with Gasteiger partial charge in [-0.1, -0.05) is 56.5 Å². The van der Waals surface area contributed by atoms with E-state index in [2.05, 4.69) is 6.92 Å². The number of hydrogen-bond acceptors (Lipinski definition) is 4. The fourth-order valence-electron chi connectivity index (χ4n) is 4.70. The summed E-state index contributed by atoms with van der Waals surface area (Å²) in [7, 11) is 0. The maximum absolute atomic E-state index is 12.5. The molecular formula is C25H36O4. The predicted octanol–water partition coefficient (Wildman–Crippen LogP) is 5.83. The van der Waals surface area contributed by atoms with Gasteiger partial charge in [-0.3, -0.25) is 9.59 Å². The van der Waals surface area contributed by atoms with Gasteiger partial charge in [-0.2, -0.15) is 0 Å². The van der Waals surface area contributed by atoms with Gasteiger partial charge in [0, 0.05) is 0 Å². The minimum Gasteiger partial charge on any atom is -0.462 e. The summed E-state index contributed by atoms with van der Waals surface area (Å²) in [5.41, 5.74) is 1.01. The topological polar surface area (TPSA) is 52.6 Å². The summed E-state index contributed by atoms with van der Waals surface area (Å²) in [5, 5.41) is 0. The van der Waals surface area contributed by atoms with Crippen molar-refractivity contribution >= 4 is 11.9 Å². The summed E-state index contributed by atoms with van der Waals surface area (Å²) in [5.74, 6) is 0.693. The summed E-state index contributed by atoms with van der Waals surface area (Å²) in [6.45, 7) is 2.57. The molecule has 3 rings (SSSR count). The van der Waals surface area contributed by atoms with Crippen molar-refractivity contribution in [3.8, 4) is 0 Å². The van der Waals surface area contributed by atoms with Crippen LogP contribution in [0, 0.1) is 17.8 Å². The maximum atomic E-state index is 12.5. The van der Waals surface area contributed by atoms with Crippen molar-refractivity contribution in [2.75, 3.05) is 0 Å². The smallest absolute Gasteiger partial charge is 0.309 e. The number of esters is 2. The zero-order valence-electron chi connectivity index (χ0n) is 17.8. The molecule has 0 heterocycles. The molecule has 4 heteroatoms. The molecule has 0 spiro atoms. The minimum atomic E-state index is -0.121. The molecular weight excluding hydrogens is 364 g/mol. The second kappa shape index (κ2) is 11.4. The van der Waals surface area contributed by atoms with Gasteiger partial charge in [-0.25, -0.2) is 0 Å². The van der Waals surface area contributed by atoms with E-state index in [1.165, 1.54) is 32.1 Å². The lowest BCUT2D eigenvalue weighted by atomic mass is 9.80. The Labute approximate surface area is 175 Å². The van der Waals surface area contributed by atoms with Gasteiger partial charge >= 0.3 is 11.9 Å². The Hall–Kier alpha value is -1.84. The van der Waals surface area contributed by atoms with Gasteiger partial charge in [-0.15, -0.1) is 0 Å². The van der Waals surface area contributed by atoms with Crippen molar-refractivity contribution < 1.29 is 19.1 Å². The number of rotatable bonds is 8. The fraction of sp³-hybridized carbons (Fsp3) is 0.680. The predicted molar refractivity (Wildman–Crippen MR) is 113 cm³/mol. The van der Waals surface area contributed by atoms with Crippen LogP contribution in [0.2, 0.25) is 0 Å². The van der Waals surface area contributed by atoms with Crippen molar-refractivity contribution in [1.82, 2.24) is 0 Å². The quantitative estimate of drug-likeness (QED) is 0.515. The van der Waals surface area contributed by atoms with Crippen LogP contribution in [0.15, 0.2) is 30.3 Å². The number of unbranched alkanes of at least 4 members (excludes halogenated alkanes) is 1. The monoisotopic (exact) mass is 400 g/mol. The summed E-state index contributed by atoms with van der Waals surface area (Å²) < 4.78 is 11.3. The van der Waals surface area contributed by atoms with Gasteiger partial charge in [0.05, 0.1) is 11.8 Å². The van der Waals surface area contributed by atoms with Gasteiger partial charge < -0.3 is 9.47 Å². The lowest BCUT2D eigenvalue weighted by Crippen LogP contribution is -2.32. The molecule has 2 saturated carbocycles. The second-order valence-electron chi connectivity index (χ2n) is 8.86. The van der Waals surface area contributed by atoms with Gasteiger partial charge in [0.25, 0.3) is 0 Å². The molecule has 0 aromatic heterocycles. The zero-order valence-corrected chi connectivity index (χ0v) is 17.8. The van der Waals surface area contributed by atoms with E-state index < -0.39 is 0 Å². The van der Waals surface area contributed by atoms with Crippen LogP contribution in [0.4, 0.5) is 0 Å². The molecule has 1 aromatic carbocycles. The molecule has 0 atom stereocenters. The molecule has 0 unspecified atom stereocenters. The number of carbonyl (C=O) groups excluding carboxylic acids is 2. The first-order valence-electron chi connectivity index (χ1n) is 11.6. The molecule has 0 N–H and O–H groups in total. The average molecular weight is 401 g/mol. The Morgan fingerprint density at radius 1 is 0.862 bits per heavy atom. The first-order valence-corrected chi connectivity index (χ1v) is 11.6. The number of carbonyl (C=O) groups is 2. The molecule has 2 aliphatic carbocycles. The first kappa shape index (κ1) is 21.9. The minimum absolute atomic E-state index is 0.00551. The standard InChI is InChI=1S/C25H36O4/c1-2-3-7-19-10-12-22(13-11-19)25(27)29-23-16-14-21(15-17-23)24(26)28-18-20-8-5-4-6-9-20/h4-6,8-9,19,21-23H,2-3,7,10-18H2,1H3/t19-,21?,22-,23?. The molecule has 2 aliphatic rings. The molecule has 0 bridgehead atoms. The van der Waals surface area contributed by atoms with Crippen molar-refractivity contribution in [2.24, 2.45) is 17.8 Å². The average Bonchev–Trinajstić information content (AvgIpc) is 2.77. The number of ether oxygens (including phenoxy) is 2. The highest BCUT2D eigenvalue weighted by molar-refractivity contribution is 5.73. The van der Waals surface area contributed by atoms with Crippen molar-refractivity contribution in [2.45, 2.75) is 90.3 Å². The summed E-state index contributed by atoms with van der Waals surface area (Å²) >= 11 is 0. The van der Waals surface area contributed by atoms with Crippen LogP contribution in [0.25, 0.3) is 0 Å². The molecule has 4 nitrogen and oxygen atoms in total. The highest BCUT2D eigenvalue weighted by Gasteiger charge is 2.32. The SMILES string of the molecule is CCCC[C@H]1CC[C@H](C(=O)OC2CCC(C(=O)OCc3ccccc3)CC2)CC1. The number of hydrogen-bond donors (Lipinski definition) is 0. The lowest BCUT2D eigenvalue weighted by Gasteiger charge is -2.31. The van der Waals surface area contributed by atoms with E-state index in [1.807, 2.05) is 30.3 Å². The van der Waals surface area contributed by atoms with E-state index in [-0.39, 0.29) is 29.9 Å². The molecule has 29 heavy (non-hydrogen) atoms. The van der Waals surface area contributed by atoms with E-state index in [0.717, 1.165) is 50.0 Å². The Balaban J connectivity index is 1.33. The van der Waals surface area contributed by atoms with Gasteiger partial charge in [0.15, 0.2) is 0 Å². The molecule has 0 amide bonds. The van der Waals surface area contributed by atoms with Crippen LogP contribution in [0.5, 0.6) is 0 Å². The molecule has 0 aliphatic heterocycles. The van der Waals surface area contributed by atoms with E-state index in [9.17, 15) is 9.59 Å². The summed E-state index contributed by atoms with van der Waals surface area (Å²) in [6, 6.07) is 9.76. The largest absolute Gasteiger partial charge is 0.462 e. The van der Waals surface area contributed by atoms with E-state index >= 15 is 0 Å². The van der Waals surface area contributed by atoms with Gasteiger partial charge in [0.1, 0.15) is 12.7 Å². The second-order valence-corrected chi connectivity index (χ2v) is 8.86. The Morgan fingerprint density at radius 2 is 1.48 bits per heavy atom. The Morgan fingerprint density at radius 3 is 2.14 bits per heavy atom. The van der Waals surface area contributed by atoms with Crippen LogP contribution in [0.3, 0.4) is 0 Å². The van der Waals surface area contributed by atoms with E-state index in [1.54, 1.807) is 0 Å². The fourth-order valence-corrected chi connectivity index (χ4v) is 4.70. The molecule has 1 aromatic rings. The van der Waals surface area contributed by atoms with Gasteiger partial charge in [-0.05, 0) is 62.8 Å². The van der Waals surface area contributed by atoms with Crippen molar-refractivity contribution in [3.63, 3.8) is 0 Å². The Kier molecular flexibility index (Phi) is 8.57. The molecule has 0 saturated heterocycles.